The van der Waals surface area contributed by atoms with Crippen molar-refractivity contribution in [1.82, 2.24) is 4.98 Å². The van der Waals surface area contributed by atoms with Gasteiger partial charge in [0.15, 0.2) is 0 Å². The highest BCUT2D eigenvalue weighted by Crippen LogP contribution is 2.37. The Labute approximate surface area is 191 Å². The number of aromatic nitrogens is 1. The minimum Gasteiger partial charge on any atom is -0.493 e. The molecule has 8 nitrogen and oxygen atoms in total. The molecule has 0 amide bonds. The van der Waals surface area contributed by atoms with Crippen LogP contribution < -0.4 is 10.5 Å². The van der Waals surface area contributed by atoms with Crippen molar-refractivity contribution in [2.24, 2.45) is 10.2 Å². The number of para-hydroxylation sites is 1. The Bertz CT molecular complexity index is 1440. The minimum absolute atomic E-state index is 0.128. The van der Waals surface area contributed by atoms with Crippen molar-refractivity contribution in [3.05, 3.63) is 72.9 Å². The van der Waals surface area contributed by atoms with E-state index in [1.54, 1.807) is 42.6 Å². The molecule has 0 spiro atoms. The van der Waals surface area contributed by atoms with Crippen LogP contribution in [0.4, 0.5) is 17.1 Å². The number of azo groups is 1. The van der Waals surface area contributed by atoms with Crippen LogP contribution in [0.25, 0.3) is 22.0 Å². The number of nitrogens with two attached hydrogens (primary N) is 1. The largest absolute Gasteiger partial charge is 0.493 e. The Morgan fingerprint density at radius 1 is 1.00 bits per heavy atom. The van der Waals surface area contributed by atoms with Gasteiger partial charge in [-0.25, -0.2) is 0 Å². The van der Waals surface area contributed by atoms with E-state index in [0.29, 0.717) is 23.1 Å². The maximum absolute atomic E-state index is 11.9. The molecule has 0 aliphatic rings. The van der Waals surface area contributed by atoms with Gasteiger partial charge in [0.2, 0.25) is 0 Å². The number of nitrogens with zero attached hydrogens (tertiary/aromatic N) is 3. The lowest BCUT2D eigenvalue weighted by molar-refractivity contribution is 0.318. The molecule has 4 rings (SSSR count). The monoisotopic (exact) mass is 462 g/mol. The summed E-state index contributed by atoms with van der Waals surface area (Å²) >= 11 is 0. The van der Waals surface area contributed by atoms with E-state index >= 15 is 0 Å². The normalized spacial score (nSPS) is 11.8. The summed E-state index contributed by atoms with van der Waals surface area (Å²) in [6, 6.07) is 19.0. The second kappa shape index (κ2) is 9.35. The van der Waals surface area contributed by atoms with Gasteiger partial charge in [-0.1, -0.05) is 43.3 Å². The first-order valence-electron chi connectivity index (χ1n) is 10.3. The predicted octanol–water partition coefficient (Wildman–Crippen LogP) is 5.93. The number of hydrogen-bond donors (Lipinski definition) is 2. The van der Waals surface area contributed by atoms with Crippen molar-refractivity contribution in [2.45, 2.75) is 18.2 Å². The lowest BCUT2D eigenvalue weighted by Gasteiger charge is -2.10. The summed E-state index contributed by atoms with van der Waals surface area (Å²) in [4.78, 5) is 4.18. The fourth-order valence-electron chi connectivity index (χ4n) is 3.38. The van der Waals surface area contributed by atoms with Gasteiger partial charge >= 0.3 is 0 Å². The van der Waals surface area contributed by atoms with Crippen molar-refractivity contribution in [2.75, 3.05) is 12.3 Å². The molecule has 0 radical (unpaired) electrons. The van der Waals surface area contributed by atoms with Crippen molar-refractivity contribution in [3.63, 3.8) is 0 Å². The molecular weight excluding hydrogens is 440 g/mol. The Morgan fingerprint density at radius 3 is 2.42 bits per heavy atom. The van der Waals surface area contributed by atoms with Gasteiger partial charge in [-0.3, -0.25) is 9.54 Å². The van der Waals surface area contributed by atoms with Crippen LogP contribution in [0.15, 0.2) is 88.1 Å². The van der Waals surface area contributed by atoms with Crippen molar-refractivity contribution < 1.29 is 17.7 Å². The highest BCUT2D eigenvalue weighted by atomic mass is 32.2. The second-order valence-corrected chi connectivity index (χ2v) is 8.66. The summed E-state index contributed by atoms with van der Waals surface area (Å²) < 4.78 is 39.2. The van der Waals surface area contributed by atoms with Crippen LogP contribution in [0.5, 0.6) is 5.75 Å². The van der Waals surface area contributed by atoms with Crippen LogP contribution in [0, 0.1) is 0 Å². The molecule has 0 aliphatic carbocycles. The number of rotatable bonds is 7. The summed E-state index contributed by atoms with van der Waals surface area (Å²) in [5.41, 5.74) is 8.62. The zero-order chi connectivity index (χ0) is 23.4. The molecule has 0 atom stereocenters. The number of anilines is 1. The van der Waals surface area contributed by atoms with Crippen LogP contribution in [-0.4, -0.2) is 24.6 Å². The van der Waals surface area contributed by atoms with Crippen LogP contribution >= 0.6 is 0 Å². The van der Waals surface area contributed by atoms with Gasteiger partial charge in [0.25, 0.3) is 10.1 Å². The number of pyridine rings is 1. The summed E-state index contributed by atoms with van der Waals surface area (Å²) in [6.07, 6.45) is 2.45. The molecule has 0 fully saturated rings. The minimum atomic E-state index is -4.48. The smallest absolute Gasteiger partial charge is 0.295 e. The zero-order valence-electron chi connectivity index (χ0n) is 17.8. The zero-order valence-corrected chi connectivity index (χ0v) is 18.7. The summed E-state index contributed by atoms with van der Waals surface area (Å²) in [7, 11) is -4.48. The van der Waals surface area contributed by atoms with Gasteiger partial charge in [-0.2, -0.15) is 8.42 Å². The molecule has 1 aromatic heterocycles. The van der Waals surface area contributed by atoms with Gasteiger partial charge in [-0.05, 0) is 36.8 Å². The molecule has 0 unspecified atom stereocenters. The Kier molecular flexibility index (Phi) is 6.34. The summed E-state index contributed by atoms with van der Waals surface area (Å²) in [5.74, 6) is 0.753. The molecule has 33 heavy (non-hydrogen) atoms. The maximum Gasteiger partial charge on any atom is 0.295 e. The van der Waals surface area contributed by atoms with E-state index in [1.807, 2.05) is 31.2 Å². The fourth-order valence-corrected chi connectivity index (χ4v) is 4.10. The van der Waals surface area contributed by atoms with Gasteiger partial charge in [0.05, 0.1) is 24.2 Å². The summed E-state index contributed by atoms with van der Waals surface area (Å²) in [6.45, 7) is 2.66. The number of nitrogen functional groups attached to an aromatic ring is 1. The Morgan fingerprint density at radius 2 is 1.73 bits per heavy atom. The Hall–Kier alpha value is -3.82. The van der Waals surface area contributed by atoms with E-state index in [1.165, 1.54) is 6.07 Å². The standard InChI is InChI=1S/C24H22N4O4S/c1-2-13-32-22-10-6-5-9-19(22)20-12-11-16(15-26-20)27-28-21-14-23(33(29,30)31)17-7-3-4-8-18(17)24(21)25/h3-12,14-15H,2,13,25H2,1H3,(H,29,30,31). The number of fused-ring (bicyclic) bond motifs is 1. The van der Waals surface area contributed by atoms with Gasteiger partial charge in [0.1, 0.15) is 22.0 Å². The molecule has 4 aromatic rings. The lowest BCUT2D eigenvalue weighted by Crippen LogP contribution is -2.01. The molecule has 168 valence electrons. The first-order valence-corrected chi connectivity index (χ1v) is 11.7. The third kappa shape index (κ3) is 4.84. The first-order chi connectivity index (χ1) is 15.9. The van der Waals surface area contributed by atoms with Gasteiger partial charge < -0.3 is 10.5 Å². The average Bonchev–Trinajstić information content (AvgIpc) is 2.82. The topological polar surface area (TPSA) is 127 Å². The van der Waals surface area contributed by atoms with E-state index in [-0.39, 0.29) is 16.3 Å². The molecule has 0 saturated carbocycles. The van der Waals surface area contributed by atoms with Crippen LogP contribution in [0.2, 0.25) is 0 Å². The number of benzene rings is 3. The van der Waals surface area contributed by atoms with Crippen LogP contribution in [0.3, 0.4) is 0 Å². The van der Waals surface area contributed by atoms with Crippen molar-refractivity contribution >= 4 is 38.0 Å². The van der Waals surface area contributed by atoms with Crippen molar-refractivity contribution in [3.8, 4) is 17.0 Å². The Balaban J connectivity index is 1.67. The van der Waals surface area contributed by atoms with E-state index < -0.39 is 10.1 Å². The van der Waals surface area contributed by atoms with E-state index in [4.69, 9.17) is 10.5 Å². The molecule has 1 heterocycles. The third-order valence-corrected chi connectivity index (χ3v) is 5.84. The summed E-state index contributed by atoms with van der Waals surface area (Å²) in [5, 5.41) is 9.04. The lowest BCUT2D eigenvalue weighted by atomic mass is 10.1. The molecule has 0 bridgehead atoms. The number of hydrogen-bond acceptors (Lipinski definition) is 7. The molecule has 0 aliphatic heterocycles. The third-order valence-electron chi connectivity index (χ3n) is 4.95. The van der Waals surface area contributed by atoms with Gasteiger partial charge in [-0.15, -0.1) is 10.2 Å². The second-order valence-electron chi connectivity index (χ2n) is 7.27. The molecule has 9 heteroatoms. The van der Waals surface area contributed by atoms with Crippen molar-refractivity contribution in [1.29, 1.82) is 0 Å². The van der Waals surface area contributed by atoms with Gasteiger partial charge in [0, 0.05) is 16.3 Å². The molecular formula is C24H22N4O4S. The van der Waals surface area contributed by atoms with Crippen LogP contribution in [-0.2, 0) is 10.1 Å². The number of ether oxygens (including phenoxy) is 1. The fraction of sp³-hybridized carbons (Fsp3) is 0.125. The van der Waals surface area contributed by atoms with E-state index in [9.17, 15) is 13.0 Å². The molecule has 0 saturated heterocycles. The quantitative estimate of drug-likeness (QED) is 0.199. The highest BCUT2D eigenvalue weighted by molar-refractivity contribution is 7.86. The SMILES string of the molecule is CCCOc1ccccc1-c1ccc(N=Nc2cc(S(=O)(=O)O)c3ccccc3c2N)cn1. The van der Waals surface area contributed by atoms with E-state index in [2.05, 4.69) is 15.2 Å². The molecule has 3 N–H and O–H groups in total. The molecule has 3 aromatic carbocycles. The maximum atomic E-state index is 11.9. The average molecular weight is 463 g/mol. The van der Waals surface area contributed by atoms with E-state index in [0.717, 1.165) is 23.4 Å². The first kappa shape index (κ1) is 22.4. The predicted molar refractivity (Wildman–Crippen MR) is 128 cm³/mol. The van der Waals surface area contributed by atoms with Crippen LogP contribution in [0.1, 0.15) is 13.3 Å². The highest BCUT2D eigenvalue weighted by Gasteiger charge is 2.18.